The van der Waals surface area contributed by atoms with Crippen LogP contribution in [0.2, 0.25) is 5.02 Å². The number of hydrogen-bond acceptors (Lipinski definition) is 4. The van der Waals surface area contributed by atoms with Crippen molar-refractivity contribution in [1.29, 1.82) is 0 Å². The normalized spacial score (nSPS) is 16.3. The number of carbonyl (C=O) groups excluding carboxylic acids is 3. The lowest BCUT2D eigenvalue weighted by Gasteiger charge is -2.17. The summed E-state index contributed by atoms with van der Waals surface area (Å²) in [5, 5.41) is 3.39. The Labute approximate surface area is 162 Å². The molecule has 27 heavy (non-hydrogen) atoms. The fourth-order valence-corrected chi connectivity index (χ4v) is 3.17. The summed E-state index contributed by atoms with van der Waals surface area (Å²) >= 11 is 5.98. The number of benzene rings is 2. The summed E-state index contributed by atoms with van der Waals surface area (Å²) in [6.07, 6.45) is 0.166. The smallest absolute Gasteiger partial charge is 0.337 e. The molecule has 0 aliphatic carbocycles. The molecule has 140 valence electrons. The van der Waals surface area contributed by atoms with E-state index in [1.165, 1.54) is 7.11 Å². The maximum absolute atomic E-state index is 12.4. The highest BCUT2D eigenvalue weighted by molar-refractivity contribution is 6.31. The predicted octanol–water partition coefficient (Wildman–Crippen LogP) is 2.80. The van der Waals surface area contributed by atoms with E-state index in [0.717, 1.165) is 5.56 Å². The van der Waals surface area contributed by atoms with Gasteiger partial charge in [0, 0.05) is 30.2 Å². The van der Waals surface area contributed by atoms with E-state index in [9.17, 15) is 14.4 Å². The van der Waals surface area contributed by atoms with Crippen molar-refractivity contribution in [2.45, 2.75) is 13.0 Å². The highest BCUT2D eigenvalue weighted by Crippen LogP contribution is 2.27. The number of methoxy groups -OCH3 is 1. The number of nitrogens with one attached hydrogen (secondary N) is 1. The number of esters is 1. The second-order valence-corrected chi connectivity index (χ2v) is 6.73. The lowest BCUT2D eigenvalue weighted by atomic mass is 10.1. The number of carbonyl (C=O) groups is 3. The summed E-state index contributed by atoms with van der Waals surface area (Å²) in [5.74, 6) is -1.09. The highest BCUT2D eigenvalue weighted by Gasteiger charge is 2.35. The summed E-state index contributed by atoms with van der Waals surface area (Å²) < 4.78 is 4.65. The van der Waals surface area contributed by atoms with Gasteiger partial charge in [-0.3, -0.25) is 9.59 Å². The number of anilines is 1. The van der Waals surface area contributed by atoms with Gasteiger partial charge in [0.1, 0.15) is 0 Å². The minimum absolute atomic E-state index is 0.0974. The molecule has 7 heteroatoms. The zero-order valence-electron chi connectivity index (χ0n) is 14.8. The second-order valence-electron chi connectivity index (χ2n) is 6.29. The third kappa shape index (κ3) is 4.46. The molecule has 2 amide bonds. The van der Waals surface area contributed by atoms with E-state index in [1.54, 1.807) is 53.4 Å². The van der Waals surface area contributed by atoms with Crippen LogP contribution < -0.4 is 10.2 Å². The lowest BCUT2D eigenvalue weighted by Crippen LogP contribution is -2.32. The molecule has 0 saturated carbocycles. The van der Waals surface area contributed by atoms with Crippen molar-refractivity contribution < 1.29 is 19.1 Å². The molecule has 1 unspecified atom stereocenters. The van der Waals surface area contributed by atoms with Crippen LogP contribution in [0.15, 0.2) is 48.5 Å². The minimum Gasteiger partial charge on any atom is -0.465 e. The van der Waals surface area contributed by atoms with Crippen molar-refractivity contribution in [1.82, 2.24) is 5.32 Å². The van der Waals surface area contributed by atoms with Crippen molar-refractivity contribution in [2.24, 2.45) is 5.92 Å². The maximum Gasteiger partial charge on any atom is 0.337 e. The monoisotopic (exact) mass is 386 g/mol. The van der Waals surface area contributed by atoms with E-state index >= 15 is 0 Å². The summed E-state index contributed by atoms with van der Waals surface area (Å²) in [5.41, 5.74) is 2.00. The molecule has 0 bridgehead atoms. The van der Waals surface area contributed by atoms with Crippen LogP contribution in [0.3, 0.4) is 0 Å². The van der Waals surface area contributed by atoms with Crippen molar-refractivity contribution in [3.8, 4) is 0 Å². The number of amides is 2. The van der Waals surface area contributed by atoms with Crippen LogP contribution in [0.25, 0.3) is 0 Å². The fourth-order valence-electron chi connectivity index (χ4n) is 2.99. The van der Waals surface area contributed by atoms with E-state index in [0.29, 0.717) is 29.4 Å². The van der Waals surface area contributed by atoms with Crippen LogP contribution in [-0.2, 0) is 20.9 Å². The summed E-state index contributed by atoms with van der Waals surface area (Å²) in [6, 6.07) is 13.8. The van der Waals surface area contributed by atoms with Crippen LogP contribution >= 0.6 is 11.6 Å². The third-order valence-corrected chi connectivity index (χ3v) is 4.69. The average Bonchev–Trinajstić information content (AvgIpc) is 3.07. The van der Waals surface area contributed by atoms with Gasteiger partial charge >= 0.3 is 5.97 Å². The topological polar surface area (TPSA) is 75.7 Å². The molecular formula is C20H19ClN2O4. The number of nitrogens with zero attached hydrogens (tertiary/aromatic N) is 1. The van der Waals surface area contributed by atoms with Gasteiger partial charge in [-0.05, 0) is 35.9 Å². The van der Waals surface area contributed by atoms with Crippen molar-refractivity contribution in [2.75, 3.05) is 18.6 Å². The molecule has 2 aromatic rings. The first-order valence-corrected chi connectivity index (χ1v) is 8.86. The van der Waals surface area contributed by atoms with E-state index in [-0.39, 0.29) is 18.2 Å². The van der Waals surface area contributed by atoms with Crippen LogP contribution in [0.4, 0.5) is 5.69 Å². The van der Waals surface area contributed by atoms with Crippen molar-refractivity contribution >= 4 is 35.1 Å². The first kappa shape index (κ1) is 18.9. The Kier molecular flexibility index (Phi) is 5.76. The van der Waals surface area contributed by atoms with Gasteiger partial charge in [-0.25, -0.2) is 4.79 Å². The Morgan fingerprint density at radius 3 is 2.63 bits per heavy atom. The Hall–Kier alpha value is -2.86. The van der Waals surface area contributed by atoms with Crippen molar-refractivity contribution in [3.63, 3.8) is 0 Å². The Balaban J connectivity index is 1.57. The summed E-state index contributed by atoms with van der Waals surface area (Å²) in [7, 11) is 1.33. The van der Waals surface area contributed by atoms with Gasteiger partial charge in [-0.15, -0.1) is 0 Å². The van der Waals surface area contributed by atoms with Gasteiger partial charge in [0.2, 0.25) is 11.8 Å². The second kappa shape index (κ2) is 8.22. The predicted molar refractivity (Wildman–Crippen MR) is 102 cm³/mol. The Bertz CT molecular complexity index is 867. The van der Waals surface area contributed by atoms with E-state index in [2.05, 4.69) is 10.1 Å². The first-order valence-electron chi connectivity index (χ1n) is 8.49. The standard InChI is InChI=1S/C20H19ClN2O4/c1-27-20(26)14-7-5-13(6-8-14)11-22-19(25)15-9-18(24)23(12-15)17-4-2-3-16(21)10-17/h2-8,10,15H,9,11-12H2,1H3,(H,22,25). The van der Waals surface area contributed by atoms with Crippen LogP contribution in [-0.4, -0.2) is 31.4 Å². The molecule has 0 spiro atoms. The molecule has 1 saturated heterocycles. The quantitative estimate of drug-likeness (QED) is 0.802. The molecule has 6 nitrogen and oxygen atoms in total. The molecule has 0 radical (unpaired) electrons. The van der Waals surface area contributed by atoms with Crippen LogP contribution in [0.1, 0.15) is 22.3 Å². The van der Waals surface area contributed by atoms with Gasteiger partial charge in [0.15, 0.2) is 0 Å². The van der Waals surface area contributed by atoms with Gasteiger partial charge in [0.25, 0.3) is 0 Å². The number of rotatable bonds is 5. The molecule has 2 aromatic carbocycles. The average molecular weight is 387 g/mol. The lowest BCUT2D eigenvalue weighted by molar-refractivity contribution is -0.126. The molecule has 0 aromatic heterocycles. The van der Waals surface area contributed by atoms with Crippen LogP contribution in [0.5, 0.6) is 0 Å². The molecular weight excluding hydrogens is 368 g/mol. The summed E-state index contributed by atoms with van der Waals surface area (Å²) in [6.45, 7) is 0.647. The zero-order chi connectivity index (χ0) is 19.4. The number of hydrogen-bond donors (Lipinski definition) is 1. The molecule has 3 rings (SSSR count). The molecule has 1 heterocycles. The molecule has 1 aliphatic rings. The first-order chi connectivity index (χ1) is 13.0. The molecule has 1 fully saturated rings. The zero-order valence-corrected chi connectivity index (χ0v) is 15.5. The SMILES string of the molecule is COC(=O)c1ccc(CNC(=O)C2CC(=O)N(c3cccc(Cl)c3)C2)cc1. The van der Waals surface area contributed by atoms with Gasteiger partial charge < -0.3 is 15.0 Å². The summed E-state index contributed by atoms with van der Waals surface area (Å²) in [4.78, 5) is 37.7. The Morgan fingerprint density at radius 1 is 1.22 bits per heavy atom. The number of halogens is 1. The van der Waals surface area contributed by atoms with E-state index in [1.807, 2.05) is 0 Å². The van der Waals surface area contributed by atoms with Gasteiger partial charge in [-0.2, -0.15) is 0 Å². The largest absolute Gasteiger partial charge is 0.465 e. The number of ether oxygens (including phenoxy) is 1. The van der Waals surface area contributed by atoms with E-state index in [4.69, 9.17) is 11.6 Å². The third-order valence-electron chi connectivity index (χ3n) is 4.46. The molecule has 1 atom stereocenters. The highest BCUT2D eigenvalue weighted by atomic mass is 35.5. The Morgan fingerprint density at radius 2 is 1.96 bits per heavy atom. The van der Waals surface area contributed by atoms with Crippen LogP contribution in [0, 0.1) is 5.92 Å². The minimum atomic E-state index is -0.411. The molecule has 1 N–H and O–H groups in total. The van der Waals surface area contributed by atoms with Crippen molar-refractivity contribution in [3.05, 3.63) is 64.7 Å². The maximum atomic E-state index is 12.4. The molecule has 1 aliphatic heterocycles. The van der Waals surface area contributed by atoms with Gasteiger partial charge in [0.05, 0.1) is 18.6 Å². The van der Waals surface area contributed by atoms with Gasteiger partial charge in [-0.1, -0.05) is 29.8 Å². The fraction of sp³-hybridized carbons (Fsp3) is 0.250. The van der Waals surface area contributed by atoms with E-state index < -0.39 is 11.9 Å².